The Morgan fingerprint density at radius 3 is 1.14 bits per heavy atom. The fraction of sp³-hybridized carbons (Fsp3) is 0.400. The van der Waals surface area contributed by atoms with Crippen molar-refractivity contribution in [1.82, 2.24) is 0 Å². The van der Waals surface area contributed by atoms with Crippen LogP contribution in [0.1, 0.15) is 88.6 Å². The van der Waals surface area contributed by atoms with Crippen LogP contribution in [0.3, 0.4) is 0 Å². The Morgan fingerprint density at radius 2 is 0.767 bits per heavy atom. The highest BCUT2D eigenvalue weighted by atomic mass is 16.5. The minimum absolute atomic E-state index is 0.754. The smallest absolute Gasteiger partial charge is 0.127 e. The van der Waals surface area contributed by atoms with Crippen molar-refractivity contribution in [3.8, 4) is 17.2 Å². The van der Waals surface area contributed by atoms with E-state index in [4.69, 9.17) is 14.2 Å². The van der Waals surface area contributed by atoms with Crippen LogP contribution in [-0.4, -0.2) is 13.2 Å². The number of aryl methyl sites for hydroxylation is 4. The van der Waals surface area contributed by atoms with Crippen molar-refractivity contribution in [2.24, 2.45) is 0 Å². The first-order valence-electron chi connectivity index (χ1n) is 16.3. The average Bonchev–Trinajstić information content (AvgIpc) is 3.07. The Balaban J connectivity index is 0.000000229. The fourth-order valence-corrected chi connectivity index (χ4v) is 4.07. The predicted octanol–water partition coefficient (Wildman–Crippen LogP) is 11.2. The molecule has 0 amide bonds. The van der Waals surface area contributed by atoms with Crippen LogP contribution in [0.2, 0.25) is 0 Å². The Labute approximate surface area is 262 Å². The van der Waals surface area contributed by atoms with Crippen LogP contribution < -0.4 is 9.47 Å². The van der Waals surface area contributed by atoms with Crippen molar-refractivity contribution >= 4 is 0 Å². The van der Waals surface area contributed by atoms with Crippen LogP contribution >= 0.6 is 0 Å². The highest BCUT2D eigenvalue weighted by Crippen LogP contribution is 2.22. The van der Waals surface area contributed by atoms with Crippen molar-refractivity contribution in [2.75, 3.05) is 13.2 Å². The van der Waals surface area contributed by atoms with Gasteiger partial charge >= 0.3 is 0 Å². The number of rotatable bonds is 14. The predicted molar refractivity (Wildman–Crippen MR) is 184 cm³/mol. The molecule has 0 atom stereocenters. The van der Waals surface area contributed by atoms with Gasteiger partial charge in [-0.3, -0.25) is 0 Å². The number of unbranched alkanes of at least 4 members (excludes halogenated alkanes) is 1. The van der Waals surface area contributed by atoms with Crippen molar-refractivity contribution in [3.05, 3.63) is 125 Å². The lowest BCUT2D eigenvalue weighted by Crippen LogP contribution is -1.95. The zero-order valence-corrected chi connectivity index (χ0v) is 27.5. The highest BCUT2D eigenvalue weighted by Gasteiger charge is 1.98. The highest BCUT2D eigenvalue weighted by molar-refractivity contribution is 5.34. The molecular formula is C40H54O3. The molecule has 0 fully saturated rings. The number of hydrogen-bond acceptors (Lipinski definition) is 3. The first-order chi connectivity index (χ1) is 21.0. The van der Waals surface area contributed by atoms with Gasteiger partial charge in [-0.1, -0.05) is 109 Å². The molecule has 0 radical (unpaired) electrons. The van der Waals surface area contributed by atoms with Crippen molar-refractivity contribution in [2.45, 2.75) is 93.1 Å². The molecule has 3 nitrogen and oxygen atoms in total. The molecule has 0 spiro atoms. The van der Waals surface area contributed by atoms with E-state index in [2.05, 4.69) is 102 Å². The largest absolute Gasteiger partial charge is 0.494 e. The summed E-state index contributed by atoms with van der Waals surface area (Å²) >= 11 is 0. The second kappa shape index (κ2) is 22.0. The van der Waals surface area contributed by atoms with Crippen molar-refractivity contribution < 1.29 is 14.2 Å². The molecule has 0 saturated carbocycles. The molecule has 0 saturated heterocycles. The van der Waals surface area contributed by atoms with Crippen LogP contribution in [0.25, 0.3) is 0 Å². The van der Waals surface area contributed by atoms with E-state index in [1.54, 1.807) is 0 Å². The monoisotopic (exact) mass is 582 g/mol. The van der Waals surface area contributed by atoms with Gasteiger partial charge in [0.2, 0.25) is 0 Å². The number of hydrogen-bond donors (Lipinski definition) is 0. The molecule has 0 N–H and O–H groups in total. The van der Waals surface area contributed by atoms with E-state index in [0.29, 0.717) is 0 Å². The molecule has 0 aliphatic carbocycles. The molecule has 0 aliphatic heterocycles. The van der Waals surface area contributed by atoms with E-state index in [1.165, 1.54) is 34.2 Å². The zero-order chi connectivity index (χ0) is 31.1. The standard InChI is InChI=1S/C16H18O.C13H20O.C11H16O/c1-3-13-5-9-15(10-6-13)17-16-11-7-14(4-2)8-12-16;1-3-5-10-14-11-13-8-6-12(4-2)7-9-13;1-3-9-12-11-7-5-10(4-2)6-8-11/h5-12H,3-4H2,1-2H3;6-9H,3-5,10-11H2,1-2H3;5-8H,3-4,9H2,1-2H3. The summed E-state index contributed by atoms with van der Waals surface area (Å²) in [5.41, 5.74) is 6.69. The van der Waals surface area contributed by atoms with Gasteiger partial charge in [0.15, 0.2) is 0 Å². The molecule has 0 unspecified atom stereocenters. The molecule has 0 bridgehead atoms. The third-order valence-electron chi connectivity index (χ3n) is 7.05. The topological polar surface area (TPSA) is 27.7 Å². The van der Waals surface area contributed by atoms with Gasteiger partial charge in [0.05, 0.1) is 13.2 Å². The van der Waals surface area contributed by atoms with Crippen LogP contribution in [-0.2, 0) is 37.0 Å². The van der Waals surface area contributed by atoms with E-state index in [9.17, 15) is 0 Å². The molecule has 3 heteroatoms. The third kappa shape index (κ3) is 14.9. The lowest BCUT2D eigenvalue weighted by Gasteiger charge is -2.06. The summed E-state index contributed by atoms with van der Waals surface area (Å²) in [5.74, 6) is 2.77. The molecule has 43 heavy (non-hydrogen) atoms. The van der Waals surface area contributed by atoms with Crippen LogP contribution in [0.15, 0.2) is 97.1 Å². The van der Waals surface area contributed by atoms with E-state index in [0.717, 1.165) is 75.6 Å². The zero-order valence-electron chi connectivity index (χ0n) is 27.5. The summed E-state index contributed by atoms with van der Waals surface area (Å²) in [6, 6.07) is 33.5. The lowest BCUT2D eigenvalue weighted by atomic mass is 10.1. The van der Waals surface area contributed by atoms with Gasteiger partial charge in [-0.2, -0.15) is 0 Å². The molecule has 232 valence electrons. The van der Waals surface area contributed by atoms with Gasteiger partial charge in [0.25, 0.3) is 0 Å². The molecular weight excluding hydrogens is 528 g/mol. The van der Waals surface area contributed by atoms with E-state index < -0.39 is 0 Å². The molecule has 0 aliphatic rings. The quantitative estimate of drug-likeness (QED) is 0.138. The summed E-state index contributed by atoms with van der Waals surface area (Å²) < 4.78 is 16.8. The molecule has 0 heterocycles. The number of ether oxygens (including phenoxy) is 3. The third-order valence-corrected chi connectivity index (χ3v) is 7.05. The molecule has 0 aromatic heterocycles. The van der Waals surface area contributed by atoms with Crippen molar-refractivity contribution in [3.63, 3.8) is 0 Å². The SMILES string of the molecule is CCCCOCc1ccc(CC)cc1.CCCOc1ccc(CC)cc1.CCc1ccc(Oc2ccc(CC)cc2)cc1. The van der Waals surface area contributed by atoms with Crippen LogP contribution in [0.4, 0.5) is 0 Å². The Hall–Kier alpha value is -3.56. The van der Waals surface area contributed by atoms with Gasteiger partial charge in [-0.25, -0.2) is 0 Å². The molecule has 4 rings (SSSR count). The fourth-order valence-electron chi connectivity index (χ4n) is 4.07. The minimum atomic E-state index is 0.754. The Bertz CT molecular complexity index is 1170. The maximum atomic E-state index is 5.78. The summed E-state index contributed by atoms with van der Waals surface area (Å²) in [7, 11) is 0. The normalized spacial score (nSPS) is 10.2. The number of benzene rings is 4. The second-order valence-corrected chi connectivity index (χ2v) is 10.5. The maximum absolute atomic E-state index is 5.78. The van der Waals surface area contributed by atoms with Crippen LogP contribution in [0.5, 0.6) is 17.2 Å². The summed E-state index contributed by atoms with van der Waals surface area (Å²) in [4.78, 5) is 0. The minimum Gasteiger partial charge on any atom is -0.494 e. The lowest BCUT2D eigenvalue weighted by molar-refractivity contribution is 0.118. The Morgan fingerprint density at radius 1 is 0.395 bits per heavy atom. The van der Waals surface area contributed by atoms with Crippen LogP contribution in [0, 0.1) is 0 Å². The van der Waals surface area contributed by atoms with Gasteiger partial charge < -0.3 is 14.2 Å². The first kappa shape index (κ1) is 35.6. The summed E-state index contributed by atoms with van der Waals surface area (Å²) in [5, 5.41) is 0. The van der Waals surface area contributed by atoms with Gasteiger partial charge in [-0.15, -0.1) is 0 Å². The van der Waals surface area contributed by atoms with Crippen molar-refractivity contribution in [1.29, 1.82) is 0 Å². The van der Waals surface area contributed by atoms with Gasteiger partial charge in [-0.05, 0) is 103 Å². The first-order valence-corrected chi connectivity index (χ1v) is 16.3. The summed E-state index contributed by atoms with van der Waals surface area (Å²) in [6.45, 7) is 15.4. The Kier molecular flexibility index (Phi) is 18.3. The second-order valence-electron chi connectivity index (χ2n) is 10.5. The molecule has 4 aromatic rings. The average molecular weight is 583 g/mol. The van der Waals surface area contributed by atoms with Gasteiger partial charge in [0.1, 0.15) is 17.2 Å². The van der Waals surface area contributed by atoms with E-state index in [1.807, 2.05) is 36.4 Å². The van der Waals surface area contributed by atoms with Gasteiger partial charge in [0, 0.05) is 6.61 Å². The maximum Gasteiger partial charge on any atom is 0.127 e. The van der Waals surface area contributed by atoms with E-state index >= 15 is 0 Å². The molecule has 4 aromatic carbocycles. The summed E-state index contributed by atoms with van der Waals surface area (Å²) in [6.07, 6.45) is 7.75. The van der Waals surface area contributed by atoms with E-state index in [-0.39, 0.29) is 0 Å².